The van der Waals surface area contributed by atoms with Crippen molar-refractivity contribution in [3.63, 3.8) is 0 Å². The van der Waals surface area contributed by atoms with Gasteiger partial charge in [-0.3, -0.25) is 4.98 Å². The van der Waals surface area contributed by atoms with Crippen LogP contribution in [-0.2, 0) is 0 Å². The van der Waals surface area contributed by atoms with Gasteiger partial charge in [-0.2, -0.15) is 0 Å². The summed E-state index contributed by atoms with van der Waals surface area (Å²) in [6.07, 6.45) is 1.55. The van der Waals surface area contributed by atoms with E-state index in [1.54, 1.807) is 12.3 Å². The Kier molecular flexibility index (Phi) is 2.25. The summed E-state index contributed by atoms with van der Waals surface area (Å²) in [5.74, 6) is 5.20. The number of hydrogen-bond donors (Lipinski definition) is 1. The van der Waals surface area contributed by atoms with Crippen molar-refractivity contribution in [1.82, 2.24) is 9.97 Å². The van der Waals surface area contributed by atoms with Crippen LogP contribution in [0.4, 0.5) is 0 Å². The van der Waals surface area contributed by atoms with E-state index in [1.165, 1.54) is 0 Å². The molecule has 5 heteroatoms. The lowest BCUT2D eigenvalue weighted by molar-refractivity contribution is 0.555. The Hall–Kier alpha value is -1.73. The third-order valence-corrected chi connectivity index (χ3v) is 1.71. The van der Waals surface area contributed by atoms with Crippen LogP contribution >= 0.6 is 11.6 Å². The van der Waals surface area contributed by atoms with Crippen molar-refractivity contribution < 1.29 is 4.42 Å². The molecular weight excluding hydrogens is 204 g/mol. The predicted octanol–water partition coefficient (Wildman–Crippen LogP) is 1.11. The van der Waals surface area contributed by atoms with Crippen molar-refractivity contribution in [2.45, 2.75) is 0 Å². The Morgan fingerprint density at radius 2 is 2.50 bits per heavy atom. The van der Waals surface area contributed by atoms with Gasteiger partial charge in [-0.05, 0) is 0 Å². The van der Waals surface area contributed by atoms with Crippen LogP contribution in [0.2, 0.25) is 0 Å². The predicted molar refractivity (Wildman–Crippen MR) is 52.2 cm³/mol. The van der Waals surface area contributed by atoms with E-state index in [9.17, 15) is 4.79 Å². The quantitative estimate of drug-likeness (QED) is 0.521. The summed E-state index contributed by atoms with van der Waals surface area (Å²) in [5.41, 5.74) is 1.49. The first-order chi connectivity index (χ1) is 6.79. The number of nitrogens with zero attached hydrogens (tertiary/aromatic N) is 1. The molecule has 4 nitrogen and oxygen atoms in total. The molecule has 0 spiro atoms. The highest BCUT2D eigenvalue weighted by atomic mass is 35.5. The maximum Gasteiger partial charge on any atom is 0.418 e. The fourth-order valence-electron chi connectivity index (χ4n) is 1.04. The van der Waals surface area contributed by atoms with Crippen LogP contribution in [-0.4, -0.2) is 15.8 Å². The molecule has 0 unspecified atom stereocenters. The zero-order valence-corrected chi connectivity index (χ0v) is 7.76. The van der Waals surface area contributed by atoms with E-state index in [0.29, 0.717) is 16.8 Å². The molecule has 14 heavy (non-hydrogen) atoms. The van der Waals surface area contributed by atoms with Gasteiger partial charge in [0.25, 0.3) is 0 Å². The number of alkyl halides is 1. The minimum Gasteiger partial charge on any atom is -0.406 e. The third-order valence-electron chi connectivity index (χ3n) is 1.58. The topological polar surface area (TPSA) is 58.9 Å². The van der Waals surface area contributed by atoms with Crippen LogP contribution < -0.4 is 5.76 Å². The van der Waals surface area contributed by atoms with E-state index in [4.69, 9.17) is 16.0 Å². The van der Waals surface area contributed by atoms with Crippen LogP contribution in [0.25, 0.3) is 11.2 Å². The number of H-pyrrole nitrogens is 1. The van der Waals surface area contributed by atoms with Crippen LogP contribution in [0.1, 0.15) is 5.56 Å². The van der Waals surface area contributed by atoms with Crippen molar-refractivity contribution in [3.8, 4) is 11.8 Å². The molecule has 2 aromatic heterocycles. The number of oxazole rings is 1. The Morgan fingerprint density at radius 1 is 1.64 bits per heavy atom. The van der Waals surface area contributed by atoms with Crippen LogP contribution in [0, 0.1) is 11.8 Å². The number of pyridine rings is 1. The second kappa shape index (κ2) is 3.56. The molecule has 0 aliphatic carbocycles. The van der Waals surface area contributed by atoms with Crippen molar-refractivity contribution in [1.29, 1.82) is 0 Å². The van der Waals surface area contributed by atoms with Gasteiger partial charge >= 0.3 is 5.76 Å². The number of hydrogen-bond acceptors (Lipinski definition) is 3. The van der Waals surface area contributed by atoms with Gasteiger partial charge in [-0.15, -0.1) is 11.6 Å². The molecule has 0 radical (unpaired) electrons. The summed E-state index contributed by atoms with van der Waals surface area (Å²) in [7, 11) is 0. The van der Waals surface area contributed by atoms with Crippen LogP contribution in [0.3, 0.4) is 0 Å². The molecule has 2 aromatic rings. The fraction of sp³-hybridized carbons (Fsp3) is 0.111. The van der Waals surface area contributed by atoms with E-state index in [-0.39, 0.29) is 5.88 Å². The average molecular weight is 209 g/mol. The molecule has 0 saturated carbocycles. The highest BCUT2D eigenvalue weighted by Crippen LogP contribution is 2.07. The highest BCUT2D eigenvalue weighted by Gasteiger charge is 2.01. The molecule has 0 atom stereocenters. The van der Waals surface area contributed by atoms with E-state index >= 15 is 0 Å². The molecule has 0 aliphatic rings. The Labute approximate surface area is 83.9 Å². The molecule has 0 amide bonds. The Balaban J connectivity index is 2.55. The zero-order valence-electron chi connectivity index (χ0n) is 7.00. The molecule has 0 aromatic carbocycles. The lowest BCUT2D eigenvalue weighted by Crippen LogP contribution is -1.93. The lowest BCUT2D eigenvalue weighted by atomic mass is 10.3. The minimum atomic E-state index is -0.519. The van der Waals surface area contributed by atoms with Gasteiger partial charge in [-0.25, -0.2) is 9.78 Å². The minimum absolute atomic E-state index is 0.259. The van der Waals surface area contributed by atoms with E-state index in [2.05, 4.69) is 21.8 Å². The third kappa shape index (κ3) is 1.63. The second-order valence-electron chi connectivity index (χ2n) is 2.52. The van der Waals surface area contributed by atoms with Gasteiger partial charge in [0.1, 0.15) is 0 Å². The average Bonchev–Trinajstić information content (AvgIpc) is 2.54. The van der Waals surface area contributed by atoms with E-state index in [1.807, 2.05) is 0 Å². The number of aromatic nitrogens is 2. The first-order valence-electron chi connectivity index (χ1n) is 3.83. The number of rotatable bonds is 0. The number of fused-ring (bicyclic) bond motifs is 1. The summed E-state index contributed by atoms with van der Waals surface area (Å²) < 4.78 is 4.81. The summed E-state index contributed by atoms with van der Waals surface area (Å²) in [5, 5.41) is 0. The van der Waals surface area contributed by atoms with Crippen molar-refractivity contribution in [2.24, 2.45) is 0 Å². The maximum absolute atomic E-state index is 10.8. The van der Waals surface area contributed by atoms with Gasteiger partial charge in [-0.1, -0.05) is 11.8 Å². The molecule has 0 bridgehead atoms. The number of nitrogens with one attached hydrogen (secondary N) is 1. The summed E-state index contributed by atoms with van der Waals surface area (Å²) in [4.78, 5) is 17.2. The van der Waals surface area contributed by atoms with E-state index < -0.39 is 5.76 Å². The largest absolute Gasteiger partial charge is 0.418 e. The summed E-state index contributed by atoms with van der Waals surface area (Å²) >= 11 is 5.40. The first kappa shape index (κ1) is 8.85. The van der Waals surface area contributed by atoms with E-state index in [0.717, 1.165) is 0 Å². The first-order valence-corrected chi connectivity index (χ1v) is 4.37. The lowest BCUT2D eigenvalue weighted by Gasteiger charge is -1.87. The molecule has 0 aliphatic heterocycles. The molecule has 0 fully saturated rings. The SMILES string of the molecule is O=c1[nH]c2ncc(C#CCCl)cc2o1. The Morgan fingerprint density at radius 3 is 3.29 bits per heavy atom. The van der Waals surface area contributed by atoms with Crippen LogP contribution in [0.5, 0.6) is 0 Å². The molecular formula is C9H5ClN2O2. The molecule has 0 saturated heterocycles. The zero-order chi connectivity index (χ0) is 9.97. The summed E-state index contributed by atoms with van der Waals surface area (Å²) in [6.45, 7) is 0. The smallest absolute Gasteiger partial charge is 0.406 e. The van der Waals surface area contributed by atoms with Crippen LogP contribution in [0.15, 0.2) is 21.5 Å². The maximum atomic E-state index is 10.8. The van der Waals surface area contributed by atoms with Gasteiger partial charge in [0.2, 0.25) is 0 Å². The van der Waals surface area contributed by atoms with Crippen molar-refractivity contribution in [3.05, 3.63) is 28.4 Å². The number of halogens is 1. The summed E-state index contributed by atoms with van der Waals surface area (Å²) in [6, 6.07) is 1.64. The molecule has 2 heterocycles. The molecule has 2 rings (SSSR count). The highest BCUT2D eigenvalue weighted by molar-refractivity contribution is 6.19. The number of aromatic amines is 1. The van der Waals surface area contributed by atoms with Gasteiger partial charge in [0.05, 0.1) is 5.88 Å². The van der Waals surface area contributed by atoms with Gasteiger partial charge in [0.15, 0.2) is 11.2 Å². The Bertz CT molecular complexity index is 573. The monoisotopic (exact) mass is 208 g/mol. The second-order valence-corrected chi connectivity index (χ2v) is 2.79. The normalized spacial score (nSPS) is 9.79. The van der Waals surface area contributed by atoms with Gasteiger partial charge in [0, 0.05) is 17.8 Å². The van der Waals surface area contributed by atoms with Gasteiger partial charge < -0.3 is 4.42 Å². The van der Waals surface area contributed by atoms with Crippen molar-refractivity contribution >= 4 is 22.8 Å². The van der Waals surface area contributed by atoms with Crippen molar-refractivity contribution in [2.75, 3.05) is 5.88 Å². The standard InChI is InChI=1S/C9H5ClN2O2/c10-3-1-2-6-4-7-8(11-5-6)12-9(13)14-7/h4-5H,3H2,(H,11,12,13). The molecule has 1 N–H and O–H groups in total. The molecule has 70 valence electrons. The fourth-order valence-corrected chi connectivity index (χ4v) is 1.11.